The van der Waals surface area contributed by atoms with Crippen molar-refractivity contribution in [2.24, 2.45) is 5.92 Å². The van der Waals surface area contributed by atoms with E-state index >= 15 is 0 Å². The predicted molar refractivity (Wildman–Crippen MR) is 138 cm³/mol. The normalized spacial score (nSPS) is 11.8. The first-order valence-electron chi connectivity index (χ1n) is 12.0. The molecule has 3 aromatic rings. The largest absolute Gasteiger partial charge is 0.354 e. The van der Waals surface area contributed by atoms with Crippen LogP contribution in [0.5, 0.6) is 0 Å². The average Bonchev–Trinajstić information content (AvgIpc) is 2.82. The lowest BCUT2D eigenvalue weighted by Gasteiger charge is -2.32. The standard InChI is InChI=1S/C30H36N2O2/c1-22(2)20-31-30(34)28(18-25-13-6-5-7-14-25)32(21-26-15-10-11-23(3)17-26)29(33)19-27-16-9-8-12-24(27)4/h5-17,22,28H,18-21H2,1-4H3,(H,31,34). The molecular weight excluding hydrogens is 420 g/mol. The fourth-order valence-corrected chi connectivity index (χ4v) is 4.06. The molecule has 0 fully saturated rings. The lowest BCUT2D eigenvalue weighted by Crippen LogP contribution is -2.51. The maximum Gasteiger partial charge on any atom is 0.243 e. The topological polar surface area (TPSA) is 49.4 Å². The van der Waals surface area contributed by atoms with E-state index in [0.717, 1.165) is 27.8 Å². The number of carbonyl (C=O) groups is 2. The zero-order valence-corrected chi connectivity index (χ0v) is 20.8. The van der Waals surface area contributed by atoms with Crippen molar-refractivity contribution < 1.29 is 9.59 Å². The molecule has 2 amide bonds. The average molecular weight is 457 g/mol. The highest BCUT2D eigenvalue weighted by molar-refractivity contribution is 5.89. The van der Waals surface area contributed by atoms with Gasteiger partial charge in [0.15, 0.2) is 0 Å². The van der Waals surface area contributed by atoms with Crippen LogP contribution in [0.3, 0.4) is 0 Å². The smallest absolute Gasteiger partial charge is 0.243 e. The third kappa shape index (κ3) is 7.31. The monoisotopic (exact) mass is 456 g/mol. The minimum atomic E-state index is -0.599. The maximum atomic E-state index is 13.8. The molecule has 0 aliphatic rings. The van der Waals surface area contributed by atoms with Crippen LogP contribution in [0.25, 0.3) is 0 Å². The first-order chi connectivity index (χ1) is 16.3. The van der Waals surface area contributed by atoms with Crippen LogP contribution in [-0.2, 0) is 29.0 Å². The Morgan fingerprint density at radius 3 is 2.21 bits per heavy atom. The summed E-state index contributed by atoms with van der Waals surface area (Å²) < 4.78 is 0. The molecule has 1 unspecified atom stereocenters. The van der Waals surface area contributed by atoms with Gasteiger partial charge >= 0.3 is 0 Å². The van der Waals surface area contributed by atoms with E-state index in [2.05, 4.69) is 25.2 Å². The van der Waals surface area contributed by atoms with Crippen molar-refractivity contribution in [3.05, 3.63) is 107 Å². The van der Waals surface area contributed by atoms with E-state index in [1.54, 1.807) is 4.90 Å². The lowest BCUT2D eigenvalue weighted by atomic mass is 10.00. The minimum absolute atomic E-state index is 0.0450. The Hall–Kier alpha value is -3.40. The Balaban J connectivity index is 1.97. The fourth-order valence-electron chi connectivity index (χ4n) is 4.06. The van der Waals surface area contributed by atoms with Crippen molar-refractivity contribution in [3.8, 4) is 0 Å². The summed E-state index contributed by atoms with van der Waals surface area (Å²) in [5.74, 6) is 0.175. The molecular formula is C30H36N2O2. The maximum absolute atomic E-state index is 13.8. The van der Waals surface area contributed by atoms with Gasteiger partial charge in [0.1, 0.15) is 6.04 Å². The van der Waals surface area contributed by atoms with Gasteiger partial charge in [-0.2, -0.15) is 0 Å². The highest BCUT2D eigenvalue weighted by atomic mass is 16.2. The van der Waals surface area contributed by atoms with Crippen molar-refractivity contribution in [3.63, 3.8) is 0 Å². The molecule has 0 aromatic heterocycles. The zero-order chi connectivity index (χ0) is 24.5. The molecule has 0 saturated heterocycles. The van der Waals surface area contributed by atoms with E-state index in [4.69, 9.17) is 0 Å². The molecule has 0 aliphatic carbocycles. The summed E-state index contributed by atoms with van der Waals surface area (Å²) in [5.41, 5.74) is 5.25. The number of nitrogens with one attached hydrogen (secondary N) is 1. The Morgan fingerprint density at radius 1 is 0.853 bits per heavy atom. The zero-order valence-electron chi connectivity index (χ0n) is 20.8. The summed E-state index contributed by atoms with van der Waals surface area (Å²) in [7, 11) is 0. The number of rotatable bonds is 10. The first-order valence-corrected chi connectivity index (χ1v) is 12.0. The van der Waals surface area contributed by atoms with Gasteiger partial charge in [-0.15, -0.1) is 0 Å². The van der Waals surface area contributed by atoms with Gasteiger partial charge in [-0.05, 0) is 42.0 Å². The highest BCUT2D eigenvalue weighted by Gasteiger charge is 2.30. The van der Waals surface area contributed by atoms with Gasteiger partial charge in [0.25, 0.3) is 0 Å². The Kier molecular flexibility index (Phi) is 9.03. The number of aryl methyl sites for hydroxylation is 2. The van der Waals surface area contributed by atoms with Gasteiger partial charge in [0.05, 0.1) is 6.42 Å². The number of carbonyl (C=O) groups excluding carboxylic acids is 2. The molecule has 1 N–H and O–H groups in total. The summed E-state index contributed by atoms with van der Waals surface area (Å²) in [4.78, 5) is 29.0. The van der Waals surface area contributed by atoms with Crippen molar-refractivity contribution in [1.29, 1.82) is 0 Å². The van der Waals surface area contributed by atoms with Gasteiger partial charge in [0.2, 0.25) is 11.8 Å². The summed E-state index contributed by atoms with van der Waals surface area (Å²) in [6.45, 7) is 9.16. The van der Waals surface area contributed by atoms with Gasteiger partial charge < -0.3 is 10.2 Å². The van der Waals surface area contributed by atoms with Crippen LogP contribution in [0.15, 0.2) is 78.9 Å². The van der Waals surface area contributed by atoms with Crippen molar-refractivity contribution in [2.45, 2.75) is 53.1 Å². The second-order valence-electron chi connectivity index (χ2n) is 9.46. The van der Waals surface area contributed by atoms with E-state index < -0.39 is 6.04 Å². The molecule has 0 aliphatic heterocycles. The molecule has 0 saturated carbocycles. The Morgan fingerprint density at radius 2 is 1.53 bits per heavy atom. The molecule has 3 rings (SSSR count). The van der Waals surface area contributed by atoms with Crippen LogP contribution in [-0.4, -0.2) is 29.3 Å². The molecule has 178 valence electrons. The molecule has 0 spiro atoms. The molecule has 0 heterocycles. The summed E-state index contributed by atoms with van der Waals surface area (Å²) in [6, 6.07) is 25.4. The Bertz CT molecular complexity index is 1090. The van der Waals surface area contributed by atoms with Gasteiger partial charge in [-0.25, -0.2) is 0 Å². The van der Waals surface area contributed by atoms with Crippen LogP contribution in [0.1, 0.15) is 41.7 Å². The predicted octanol–water partition coefficient (Wildman–Crippen LogP) is 5.26. The lowest BCUT2D eigenvalue weighted by molar-refractivity contribution is -0.140. The number of hydrogen-bond donors (Lipinski definition) is 1. The first kappa shape index (κ1) is 25.2. The molecule has 0 bridgehead atoms. The minimum Gasteiger partial charge on any atom is -0.354 e. The number of amides is 2. The highest BCUT2D eigenvalue weighted by Crippen LogP contribution is 2.18. The van der Waals surface area contributed by atoms with E-state index in [1.165, 1.54) is 0 Å². The fraction of sp³-hybridized carbons (Fsp3) is 0.333. The SMILES string of the molecule is Cc1cccc(CN(C(=O)Cc2ccccc2C)C(Cc2ccccc2)C(=O)NCC(C)C)c1. The summed E-state index contributed by atoms with van der Waals surface area (Å²) in [5, 5.41) is 3.08. The van der Waals surface area contributed by atoms with Gasteiger partial charge in [-0.1, -0.05) is 98.3 Å². The van der Waals surface area contributed by atoms with E-state index in [9.17, 15) is 9.59 Å². The van der Waals surface area contributed by atoms with Crippen molar-refractivity contribution >= 4 is 11.8 Å². The number of nitrogens with zero attached hydrogens (tertiary/aromatic N) is 1. The third-order valence-corrected chi connectivity index (χ3v) is 5.99. The van der Waals surface area contributed by atoms with Crippen LogP contribution < -0.4 is 5.32 Å². The molecule has 4 nitrogen and oxygen atoms in total. The van der Waals surface area contributed by atoms with Gasteiger partial charge in [-0.3, -0.25) is 9.59 Å². The van der Waals surface area contributed by atoms with E-state index in [1.807, 2.05) is 86.6 Å². The van der Waals surface area contributed by atoms with Crippen molar-refractivity contribution in [1.82, 2.24) is 10.2 Å². The summed E-state index contributed by atoms with van der Waals surface area (Å²) >= 11 is 0. The van der Waals surface area contributed by atoms with Crippen LogP contribution in [0, 0.1) is 19.8 Å². The van der Waals surface area contributed by atoms with Crippen LogP contribution in [0.4, 0.5) is 0 Å². The molecule has 1 atom stereocenters. The third-order valence-electron chi connectivity index (χ3n) is 5.99. The molecule has 3 aromatic carbocycles. The number of hydrogen-bond acceptors (Lipinski definition) is 2. The molecule has 34 heavy (non-hydrogen) atoms. The van der Waals surface area contributed by atoms with Crippen LogP contribution in [0.2, 0.25) is 0 Å². The van der Waals surface area contributed by atoms with Crippen molar-refractivity contribution in [2.75, 3.05) is 6.54 Å². The number of benzene rings is 3. The second-order valence-corrected chi connectivity index (χ2v) is 9.46. The van der Waals surface area contributed by atoms with Gasteiger partial charge in [0, 0.05) is 19.5 Å². The summed E-state index contributed by atoms with van der Waals surface area (Å²) in [6.07, 6.45) is 0.733. The quantitative estimate of drug-likeness (QED) is 0.452. The van der Waals surface area contributed by atoms with E-state index in [0.29, 0.717) is 25.4 Å². The molecule has 4 heteroatoms. The van der Waals surface area contributed by atoms with E-state index in [-0.39, 0.29) is 18.2 Å². The molecule has 0 radical (unpaired) electrons. The van der Waals surface area contributed by atoms with Crippen LogP contribution >= 0.6 is 0 Å². The second kappa shape index (κ2) is 12.2. The Labute approximate surface area is 204 Å².